The number of hydrogen-bond donors (Lipinski definition) is 1. The number of carboxylic acids is 1. The van der Waals surface area contributed by atoms with E-state index >= 15 is 0 Å². The number of halogens is 1. The van der Waals surface area contributed by atoms with Gasteiger partial charge in [-0.15, -0.1) is 0 Å². The van der Waals surface area contributed by atoms with Gasteiger partial charge in [0.2, 0.25) is 0 Å². The zero-order valence-electron chi connectivity index (χ0n) is 10.3. The molecule has 0 saturated carbocycles. The molecule has 1 aromatic carbocycles. The van der Waals surface area contributed by atoms with Gasteiger partial charge in [-0.2, -0.15) is 0 Å². The summed E-state index contributed by atoms with van der Waals surface area (Å²) in [4.78, 5) is 24.6. The van der Waals surface area contributed by atoms with Crippen LogP contribution in [0.1, 0.15) is 23.2 Å². The Bertz CT molecular complexity index is 497. The summed E-state index contributed by atoms with van der Waals surface area (Å²) in [5.74, 6) is -1.23. The van der Waals surface area contributed by atoms with Gasteiger partial charge in [0.1, 0.15) is 5.56 Å². The topological polar surface area (TPSA) is 66.8 Å². The molecular formula is C13H14ClNO4. The number of aromatic carboxylic acids is 1. The Labute approximate surface area is 115 Å². The van der Waals surface area contributed by atoms with Crippen LogP contribution < -0.4 is 4.74 Å². The van der Waals surface area contributed by atoms with Gasteiger partial charge in [0.15, 0.2) is 12.4 Å². The minimum absolute atomic E-state index is 0.0401. The van der Waals surface area contributed by atoms with Crippen molar-refractivity contribution < 1.29 is 19.4 Å². The van der Waals surface area contributed by atoms with Crippen LogP contribution in [-0.4, -0.2) is 41.6 Å². The minimum atomic E-state index is -1.13. The van der Waals surface area contributed by atoms with Crippen LogP contribution in [0.5, 0.6) is 5.75 Å². The molecule has 6 heteroatoms. The number of carboxylic acid groups (broad SMARTS) is 1. The fourth-order valence-corrected chi connectivity index (χ4v) is 2.24. The molecule has 2 rings (SSSR count). The monoisotopic (exact) mass is 283 g/mol. The first-order chi connectivity index (χ1) is 9.09. The lowest BCUT2D eigenvalue weighted by atomic mass is 10.2. The number of carbonyl (C=O) groups excluding carboxylic acids is 1. The van der Waals surface area contributed by atoms with Crippen molar-refractivity contribution in [1.29, 1.82) is 0 Å². The van der Waals surface area contributed by atoms with Crippen LogP contribution in [0.15, 0.2) is 18.2 Å². The normalized spacial score (nSPS) is 14.5. The van der Waals surface area contributed by atoms with E-state index in [4.69, 9.17) is 21.4 Å². The molecule has 1 aromatic rings. The van der Waals surface area contributed by atoms with Crippen molar-refractivity contribution >= 4 is 23.5 Å². The summed E-state index contributed by atoms with van der Waals surface area (Å²) >= 11 is 5.90. The smallest absolute Gasteiger partial charge is 0.339 e. The summed E-state index contributed by atoms with van der Waals surface area (Å²) in [7, 11) is 0. The van der Waals surface area contributed by atoms with E-state index < -0.39 is 5.97 Å². The quantitative estimate of drug-likeness (QED) is 0.918. The van der Waals surface area contributed by atoms with Crippen LogP contribution in [0.2, 0.25) is 5.02 Å². The number of rotatable bonds is 4. The number of hydrogen-bond acceptors (Lipinski definition) is 3. The highest BCUT2D eigenvalue weighted by Crippen LogP contribution is 2.28. The van der Waals surface area contributed by atoms with Gasteiger partial charge in [-0.3, -0.25) is 4.79 Å². The molecule has 0 radical (unpaired) electrons. The van der Waals surface area contributed by atoms with Crippen molar-refractivity contribution in [3.63, 3.8) is 0 Å². The number of nitrogens with zero attached hydrogens (tertiary/aromatic N) is 1. The van der Waals surface area contributed by atoms with E-state index in [9.17, 15) is 9.59 Å². The van der Waals surface area contributed by atoms with Crippen LogP contribution in [0.4, 0.5) is 0 Å². The van der Waals surface area contributed by atoms with E-state index in [0.717, 1.165) is 25.9 Å². The lowest BCUT2D eigenvalue weighted by Crippen LogP contribution is -2.32. The second-order valence-corrected chi connectivity index (χ2v) is 4.71. The zero-order valence-corrected chi connectivity index (χ0v) is 11.0. The molecule has 0 bridgehead atoms. The fraction of sp³-hybridized carbons (Fsp3) is 0.385. The van der Waals surface area contributed by atoms with E-state index in [1.165, 1.54) is 18.2 Å². The Morgan fingerprint density at radius 3 is 2.63 bits per heavy atom. The second kappa shape index (κ2) is 5.93. The molecule has 0 unspecified atom stereocenters. The summed E-state index contributed by atoms with van der Waals surface area (Å²) in [6.07, 6.45) is 2.00. The standard InChI is InChI=1S/C13H14ClNO4/c14-10-5-3-4-9(13(17)18)12(10)19-8-11(16)15-6-1-2-7-15/h3-5H,1-2,6-8H2,(H,17,18). The largest absolute Gasteiger partial charge is 0.481 e. The molecule has 0 aliphatic carbocycles. The second-order valence-electron chi connectivity index (χ2n) is 4.30. The third-order valence-corrected chi connectivity index (χ3v) is 3.29. The molecule has 1 saturated heterocycles. The Kier molecular flexibility index (Phi) is 4.27. The lowest BCUT2D eigenvalue weighted by Gasteiger charge is -2.16. The summed E-state index contributed by atoms with van der Waals surface area (Å²) in [5.41, 5.74) is -0.0401. The van der Waals surface area contributed by atoms with Crippen molar-refractivity contribution in [2.24, 2.45) is 0 Å². The van der Waals surface area contributed by atoms with Crippen molar-refractivity contribution in [2.45, 2.75) is 12.8 Å². The highest BCUT2D eigenvalue weighted by Gasteiger charge is 2.20. The Hall–Kier alpha value is -1.75. The maximum absolute atomic E-state index is 11.8. The zero-order chi connectivity index (χ0) is 13.8. The number of carbonyl (C=O) groups is 2. The number of likely N-dealkylation sites (tertiary alicyclic amines) is 1. The first-order valence-corrected chi connectivity index (χ1v) is 6.40. The predicted molar refractivity (Wildman–Crippen MR) is 69.7 cm³/mol. The molecule has 1 fully saturated rings. The molecule has 5 nitrogen and oxygen atoms in total. The van der Waals surface area contributed by atoms with Gasteiger partial charge in [0.25, 0.3) is 5.91 Å². The van der Waals surface area contributed by atoms with Crippen molar-refractivity contribution in [3.05, 3.63) is 28.8 Å². The van der Waals surface area contributed by atoms with Crippen LogP contribution >= 0.6 is 11.6 Å². The summed E-state index contributed by atoms with van der Waals surface area (Å²) in [6, 6.07) is 4.45. The molecule has 1 N–H and O–H groups in total. The molecular weight excluding hydrogens is 270 g/mol. The average Bonchev–Trinajstić information content (AvgIpc) is 2.90. The summed E-state index contributed by atoms with van der Waals surface area (Å²) < 4.78 is 5.30. The highest BCUT2D eigenvalue weighted by atomic mass is 35.5. The van der Waals surface area contributed by atoms with Gasteiger partial charge < -0.3 is 14.7 Å². The number of benzene rings is 1. The van der Waals surface area contributed by atoms with Crippen molar-refractivity contribution in [1.82, 2.24) is 4.90 Å². The molecule has 0 aromatic heterocycles. The van der Waals surface area contributed by atoms with Gasteiger partial charge in [-0.1, -0.05) is 17.7 Å². The molecule has 0 atom stereocenters. The Balaban J connectivity index is 2.06. The van der Waals surface area contributed by atoms with Gasteiger partial charge in [0.05, 0.1) is 5.02 Å². The first-order valence-electron chi connectivity index (χ1n) is 6.02. The number of ether oxygens (including phenoxy) is 1. The van der Waals surface area contributed by atoms with Crippen LogP contribution in [0.3, 0.4) is 0 Å². The predicted octanol–water partition coefficient (Wildman–Crippen LogP) is 2.04. The van der Waals surface area contributed by atoms with Crippen LogP contribution in [0.25, 0.3) is 0 Å². The molecule has 19 heavy (non-hydrogen) atoms. The maximum atomic E-state index is 11.8. The minimum Gasteiger partial charge on any atom is -0.481 e. The van der Waals surface area contributed by atoms with Gasteiger partial charge in [-0.05, 0) is 25.0 Å². The fourth-order valence-electron chi connectivity index (χ4n) is 2.02. The first kappa shape index (κ1) is 13.7. The van der Waals surface area contributed by atoms with Crippen molar-refractivity contribution in [2.75, 3.05) is 19.7 Å². The Morgan fingerprint density at radius 1 is 1.32 bits per heavy atom. The third-order valence-electron chi connectivity index (χ3n) is 3.00. The molecule has 0 spiro atoms. The molecule has 1 aliphatic heterocycles. The van der Waals surface area contributed by atoms with E-state index in [1.54, 1.807) is 4.90 Å². The molecule has 1 amide bonds. The summed E-state index contributed by atoms with van der Waals surface area (Å²) in [5, 5.41) is 9.22. The van der Waals surface area contributed by atoms with Crippen LogP contribution in [-0.2, 0) is 4.79 Å². The van der Waals surface area contributed by atoms with Crippen LogP contribution in [0, 0.1) is 0 Å². The Morgan fingerprint density at radius 2 is 2.00 bits per heavy atom. The van der Waals surface area contributed by atoms with Gasteiger partial charge >= 0.3 is 5.97 Å². The van der Waals surface area contributed by atoms with E-state index in [2.05, 4.69) is 0 Å². The maximum Gasteiger partial charge on any atom is 0.339 e. The SMILES string of the molecule is O=C(O)c1cccc(Cl)c1OCC(=O)N1CCCC1. The molecule has 1 aliphatic rings. The highest BCUT2D eigenvalue weighted by molar-refractivity contribution is 6.32. The van der Waals surface area contributed by atoms with E-state index in [0.29, 0.717) is 0 Å². The van der Waals surface area contributed by atoms with E-state index in [1.807, 2.05) is 0 Å². The average molecular weight is 284 g/mol. The summed E-state index contributed by atoms with van der Waals surface area (Å²) in [6.45, 7) is 1.27. The third kappa shape index (κ3) is 3.17. The number of para-hydroxylation sites is 1. The van der Waals surface area contributed by atoms with Gasteiger partial charge in [0, 0.05) is 13.1 Å². The number of amides is 1. The molecule has 1 heterocycles. The lowest BCUT2D eigenvalue weighted by molar-refractivity contribution is -0.132. The van der Waals surface area contributed by atoms with Crippen molar-refractivity contribution in [3.8, 4) is 5.75 Å². The van der Waals surface area contributed by atoms with E-state index in [-0.39, 0.29) is 28.8 Å². The molecule has 102 valence electrons. The van der Waals surface area contributed by atoms with Gasteiger partial charge in [-0.25, -0.2) is 4.79 Å².